The lowest BCUT2D eigenvalue weighted by Gasteiger charge is -1.94. The van der Waals surface area contributed by atoms with Gasteiger partial charge in [0.15, 0.2) is 0 Å². The van der Waals surface area contributed by atoms with Crippen molar-refractivity contribution in [1.29, 1.82) is 0 Å². The molecule has 0 aromatic heterocycles. The Morgan fingerprint density at radius 1 is 1.78 bits per heavy atom. The highest BCUT2D eigenvalue weighted by molar-refractivity contribution is 5.62. The average Bonchev–Trinajstić information content (AvgIpc) is 1.65. The number of aliphatic carboxylic acids is 1. The fourth-order valence-electron chi connectivity index (χ4n) is 0. The van der Waals surface area contributed by atoms with Crippen LogP contribution in [0.3, 0.4) is 0 Å². The molecular formula is C4H12N2O3. The van der Waals surface area contributed by atoms with Gasteiger partial charge in [0.05, 0.1) is 0 Å². The maximum Gasteiger partial charge on any atom is 0.300 e. The molecule has 0 aromatic carbocycles. The summed E-state index contributed by atoms with van der Waals surface area (Å²) in [5.41, 5.74) is 2.08. The standard InChI is InChI=1S/C2H8N2O.C2H4O2/c1-2(5)4-3;1-2(3)4/h2,4-5H,3H2,1H3;1H3,(H,3,4). The maximum absolute atomic E-state index is 9.00. The molecule has 0 radical (unpaired) electrons. The molecule has 5 nitrogen and oxygen atoms in total. The van der Waals surface area contributed by atoms with E-state index in [1.807, 2.05) is 0 Å². The Bertz CT molecular complexity index is 70.2. The largest absolute Gasteiger partial charge is 0.481 e. The second-order valence-electron chi connectivity index (χ2n) is 1.36. The zero-order valence-electron chi connectivity index (χ0n) is 5.46. The predicted molar refractivity (Wildman–Crippen MR) is 32.3 cm³/mol. The lowest BCUT2D eigenvalue weighted by molar-refractivity contribution is -0.134. The van der Waals surface area contributed by atoms with E-state index in [1.54, 1.807) is 6.92 Å². The van der Waals surface area contributed by atoms with Crippen molar-refractivity contribution >= 4 is 5.97 Å². The molecule has 0 aliphatic rings. The Balaban J connectivity index is 0. The van der Waals surface area contributed by atoms with Crippen molar-refractivity contribution in [3.63, 3.8) is 0 Å². The van der Waals surface area contributed by atoms with Crippen molar-refractivity contribution < 1.29 is 15.0 Å². The molecule has 5 heteroatoms. The van der Waals surface area contributed by atoms with Crippen LogP contribution in [-0.4, -0.2) is 22.4 Å². The number of hydrazine groups is 1. The third kappa shape index (κ3) is 115. The van der Waals surface area contributed by atoms with Gasteiger partial charge in [-0.3, -0.25) is 10.6 Å². The molecule has 0 bridgehead atoms. The quantitative estimate of drug-likeness (QED) is 0.208. The van der Waals surface area contributed by atoms with E-state index in [-0.39, 0.29) is 0 Å². The number of nitrogens with one attached hydrogen (secondary N) is 1. The van der Waals surface area contributed by atoms with E-state index in [1.165, 1.54) is 0 Å². The van der Waals surface area contributed by atoms with Crippen LogP contribution in [0.5, 0.6) is 0 Å². The van der Waals surface area contributed by atoms with Gasteiger partial charge in [0.25, 0.3) is 5.97 Å². The van der Waals surface area contributed by atoms with Crippen LogP contribution in [0.4, 0.5) is 0 Å². The summed E-state index contributed by atoms with van der Waals surface area (Å²) in [6, 6.07) is 0. The van der Waals surface area contributed by atoms with Crippen LogP contribution >= 0.6 is 0 Å². The van der Waals surface area contributed by atoms with Crippen LogP contribution in [-0.2, 0) is 4.79 Å². The fraction of sp³-hybridized carbons (Fsp3) is 0.750. The molecule has 0 aliphatic carbocycles. The van der Waals surface area contributed by atoms with E-state index in [2.05, 4.69) is 11.3 Å². The summed E-state index contributed by atoms with van der Waals surface area (Å²) in [6.07, 6.45) is -0.588. The summed E-state index contributed by atoms with van der Waals surface area (Å²) < 4.78 is 0. The second-order valence-corrected chi connectivity index (χ2v) is 1.36. The maximum atomic E-state index is 9.00. The predicted octanol–water partition coefficient (Wildman–Crippen LogP) is -1.12. The second kappa shape index (κ2) is 7.35. The van der Waals surface area contributed by atoms with E-state index in [4.69, 9.17) is 15.0 Å². The van der Waals surface area contributed by atoms with E-state index in [9.17, 15) is 0 Å². The summed E-state index contributed by atoms with van der Waals surface area (Å²) in [5, 5.41) is 15.5. The minimum atomic E-state index is -0.833. The van der Waals surface area contributed by atoms with Crippen LogP contribution in [0, 0.1) is 0 Å². The number of nitrogens with two attached hydrogens (primary N) is 1. The number of hydrogen-bond acceptors (Lipinski definition) is 4. The zero-order chi connectivity index (χ0) is 7.86. The number of carboxylic acids is 1. The smallest absolute Gasteiger partial charge is 0.300 e. The zero-order valence-corrected chi connectivity index (χ0v) is 5.46. The van der Waals surface area contributed by atoms with E-state index in [0.717, 1.165) is 6.92 Å². The number of rotatable bonds is 1. The lowest BCUT2D eigenvalue weighted by Crippen LogP contribution is -2.31. The van der Waals surface area contributed by atoms with Crippen molar-refractivity contribution in [3.05, 3.63) is 0 Å². The molecule has 1 atom stereocenters. The molecular weight excluding hydrogens is 124 g/mol. The van der Waals surface area contributed by atoms with Crippen LogP contribution in [0.1, 0.15) is 13.8 Å². The molecule has 0 saturated carbocycles. The van der Waals surface area contributed by atoms with Crippen molar-refractivity contribution in [2.45, 2.75) is 20.1 Å². The first-order valence-corrected chi connectivity index (χ1v) is 2.34. The van der Waals surface area contributed by atoms with Gasteiger partial charge in [-0.1, -0.05) is 0 Å². The van der Waals surface area contributed by atoms with Crippen molar-refractivity contribution in [1.82, 2.24) is 5.43 Å². The van der Waals surface area contributed by atoms with E-state index < -0.39 is 12.2 Å². The minimum absolute atomic E-state index is 0.588. The molecule has 0 fully saturated rings. The summed E-state index contributed by atoms with van der Waals surface area (Å²) in [4.78, 5) is 9.00. The molecule has 9 heavy (non-hydrogen) atoms. The Kier molecular flexibility index (Phi) is 9.14. The summed E-state index contributed by atoms with van der Waals surface area (Å²) in [5.74, 6) is 3.84. The van der Waals surface area contributed by atoms with Crippen LogP contribution in [0.25, 0.3) is 0 Å². The molecule has 0 aromatic rings. The molecule has 0 amide bonds. The van der Waals surface area contributed by atoms with Gasteiger partial charge in [-0.05, 0) is 6.92 Å². The summed E-state index contributed by atoms with van der Waals surface area (Å²) in [6.45, 7) is 2.62. The lowest BCUT2D eigenvalue weighted by atomic mass is 10.7. The number of hydrogen-bond donors (Lipinski definition) is 4. The monoisotopic (exact) mass is 136 g/mol. The highest BCUT2D eigenvalue weighted by atomic mass is 16.4. The highest BCUT2D eigenvalue weighted by Gasteiger charge is 1.79. The number of carboxylic acid groups (broad SMARTS) is 1. The van der Waals surface area contributed by atoms with Gasteiger partial charge in [0.1, 0.15) is 6.23 Å². The molecule has 5 N–H and O–H groups in total. The SMILES string of the molecule is CC(=O)O.CC(O)NN. The van der Waals surface area contributed by atoms with Gasteiger partial charge in [-0.15, -0.1) is 0 Å². The third-order valence-electron chi connectivity index (χ3n) is 0.241. The summed E-state index contributed by atoms with van der Waals surface area (Å²) >= 11 is 0. The van der Waals surface area contributed by atoms with Gasteiger partial charge in [0.2, 0.25) is 0 Å². The fourth-order valence-corrected chi connectivity index (χ4v) is 0. The van der Waals surface area contributed by atoms with Crippen molar-refractivity contribution in [2.24, 2.45) is 5.84 Å². The van der Waals surface area contributed by atoms with Crippen molar-refractivity contribution in [3.8, 4) is 0 Å². The van der Waals surface area contributed by atoms with Gasteiger partial charge >= 0.3 is 0 Å². The Hall–Kier alpha value is -0.650. The van der Waals surface area contributed by atoms with Crippen molar-refractivity contribution in [2.75, 3.05) is 0 Å². The highest BCUT2D eigenvalue weighted by Crippen LogP contribution is 1.57. The number of aliphatic hydroxyl groups is 1. The Morgan fingerprint density at radius 2 is 1.89 bits per heavy atom. The normalized spacial score (nSPS) is 11.1. The van der Waals surface area contributed by atoms with Gasteiger partial charge in [-0.25, -0.2) is 5.43 Å². The molecule has 0 saturated heterocycles. The van der Waals surface area contributed by atoms with Crippen LogP contribution in [0.2, 0.25) is 0 Å². The van der Waals surface area contributed by atoms with Gasteiger partial charge < -0.3 is 10.2 Å². The first-order valence-electron chi connectivity index (χ1n) is 2.34. The third-order valence-corrected chi connectivity index (χ3v) is 0.241. The first-order chi connectivity index (χ1) is 4.00. The number of carbonyl (C=O) groups is 1. The molecule has 0 aliphatic heterocycles. The minimum Gasteiger partial charge on any atom is -0.481 e. The average molecular weight is 136 g/mol. The Morgan fingerprint density at radius 3 is 1.89 bits per heavy atom. The van der Waals surface area contributed by atoms with Gasteiger partial charge in [0, 0.05) is 6.92 Å². The topological polar surface area (TPSA) is 95.6 Å². The number of aliphatic hydroxyl groups excluding tert-OH is 1. The molecule has 0 rings (SSSR count). The molecule has 56 valence electrons. The van der Waals surface area contributed by atoms with Crippen LogP contribution < -0.4 is 11.3 Å². The molecule has 1 unspecified atom stereocenters. The molecule has 0 heterocycles. The first kappa shape index (κ1) is 11.2. The van der Waals surface area contributed by atoms with E-state index in [0.29, 0.717) is 0 Å². The van der Waals surface area contributed by atoms with Gasteiger partial charge in [-0.2, -0.15) is 0 Å². The van der Waals surface area contributed by atoms with Crippen LogP contribution in [0.15, 0.2) is 0 Å². The Labute approximate surface area is 53.4 Å². The van der Waals surface area contributed by atoms with E-state index >= 15 is 0 Å². The summed E-state index contributed by atoms with van der Waals surface area (Å²) in [7, 11) is 0. The molecule has 0 spiro atoms.